The van der Waals surface area contributed by atoms with Gasteiger partial charge in [-0.2, -0.15) is 5.26 Å². The fourth-order valence-electron chi connectivity index (χ4n) is 1.36. The third-order valence-electron chi connectivity index (χ3n) is 2.46. The van der Waals surface area contributed by atoms with Gasteiger partial charge in [0.15, 0.2) is 0 Å². The predicted octanol–water partition coefficient (Wildman–Crippen LogP) is 2.47. The molecule has 0 unspecified atom stereocenters. The largest absolute Gasteiger partial charge is 0.461 e. The lowest BCUT2D eigenvalue weighted by Crippen LogP contribution is -1.98. The zero-order valence-electron chi connectivity index (χ0n) is 11.7. The molecule has 0 fully saturated rings. The molecule has 108 valence electrons. The summed E-state index contributed by atoms with van der Waals surface area (Å²) in [6.07, 6.45) is 0. The van der Waals surface area contributed by atoms with Crippen LogP contribution in [-0.2, 0) is 16.1 Å². The van der Waals surface area contributed by atoms with Crippen molar-refractivity contribution < 1.29 is 9.53 Å². The second-order valence-electron chi connectivity index (χ2n) is 4.26. The average Bonchev–Trinajstić information content (AvgIpc) is 2.48. The van der Waals surface area contributed by atoms with E-state index in [-0.39, 0.29) is 5.97 Å². The van der Waals surface area contributed by atoms with Crippen LogP contribution in [0, 0.1) is 11.3 Å². The molecule has 0 bridgehead atoms. The first kappa shape index (κ1) is 16.1. The van der Waals surface area contributed by atoms with Crippen LogP contribution in [0.4, 0.5) is 11.4 Å². The number of rotatable bonds is 2. The minimum absolute atomic E-state index is 0.271. The maximum absolute atomic E-state index is 10.4. The molecule has 0 spiro atoms. The number of ether oxygens (including phenoxy) is 1. The van der Waals surface area contributed by atoms with Gasteiger partial charge in [-0.15, -0.1) is 0 Å². The monoisotopic (exact) mass is 283 g/mol. The Balaban J connectivity index is 0.000000219. The van der Waals surface area contributed by atoms with Crippen molar-refractivity contribution >= 4 is 17.3 Å². The summed E-state index contributed by atoms with van der Waals surface area (Å²) in [6.45, 7) is 1.70. The van der Waals surface area contributed by atoms with Gasteiger partial charge < -0.3 is 16.2 Å². The van der Waals surface area contributed by atoms with E-state index in [1.807, 2.05) is 18.2 Å². The highest BCUT2D eigenvalue weighted by molar-refractivity contribution is 5.65. The predicted molar refractivity (Wildman–Crippen MR) is 81.9 cm³/mol. The van der Waals surface area contributed by atoms with Gasteiger partial charge in [-0.05, 0) is 42.0 Å². The fraction of sp³-hybridized carbons (Fsp3) is 0.125. The second kappa shape index (κ2) is 8.23. The molecule has 0 aliphatic rings. The summed E-state index contributed by atoms with van der Waals surface area (Å²) in [4.78, 5) is 10.4. The normalized spacial score (nSPS) is 8.95. The van der Waals surface area contributed by atoms with Crippen LogP contribution in [0.5, 0.6) is 0 Å². The molecule has 0 saturated heterocycles. The molecule has 5 heteroatoms. The number of nitrogens with zero attached hydrogens (tertiary/aromatic N) is 1. The van der Waals surface area contributed by atoms with Gasteiger partial charge in [-0.3, -0.25) is 4.79 Å². The molecule has 0 radical (unpaired) electrons. The highest BCUT2D eigenvalue weighted by atomic mass is 16.5. The molecule has 2 rings (SSSR count). The van der Waals surface area contributed by atoms with Gasteiger partial charge in [0.25, 0.3) is 0 Å². The maximum atomic E-state index is 10.4. The number of nitrogen functional groups attached to an aromatic ring is 2. The van der Waals surface area contributed by atoms with E-state index in [1.165, 1.54) is 6.92 Å². The molecule has 5 nitrogen and oxygen atoms in total. The number of esters is 1. The fourth-order valence-corrected chi connectivity index (χ4v) is 1.36. The number of benzene rings is 2. The average molecular weight is 283 g/mol. The Morgan fingerprint density at radius 3 is 1.95 bits per heavy atom. The quantitative estimate of drug-likeness (QED) is 0.651. The topological polar surface area (TPSA) is 102 Å². The van der Waals surface area contributed by atoms with Crippen LogP contribution in [0.25, 0.3) is 0 Å². The molecule has 0 amide bonds. The number of anilines is 2. The smallest absolute Gasteiger partial charge is 0.302 e. The number of carbonyl (C=O) groups excluding carboxylic acids is 1. The second-order valence-corrected chi connectivity index (χ2v) is 4.26. The van der Waals surface area contributed by atoms with Crippen LogP contribution in [0.15, 0.2) is 48.5 Å². The molecule has 0 aliphatic carbocycles. The Bertz CT molecular complexity index is 613. The molecule has 4 N–H and O–H groups in total. The van der Waals surface area contributed by atoms with E-state index in [0.717, 1.165) is 5.56 Å². The summed E-state index contributed by atoms with van der Waals surface area (Å²) in [7, 11) is 0. The van der Waals surface area contributed by atoms with Crippen LogP contribution in [0.3, 0.4) is 0 Å². The van der Waals surface area contributed by atoms with Crippen molar-refractivity contribution in [1.29, 1.82) is 5.26 Å². The summed E-state index contributed by atoms with van der Waals surface area (Å²) < 4.78 is 4.79. The molecule has 21 heavy (non-hydrogen) atoms. The molecule has 0 saturated carbocycles. The first-order valence-electron chi connectivity index (χ1n) is 6.24. The highest BCUT2D eigenvalue weighted by Crippen LogP contribution is 2.06. The Morgan fingerprint density at radius 1 is 1.05 bits per heavy atom. The molecule has 0 atom stereocenters. The number of nitriles is 1. The molecule has 2 aromatic carbocycles. The minimum atomic E-state index is -0.271. The maximum Gasteiger partial charge on any atom is 0.302 e. The van der Waals surface area contributed by atoms with E-state index in [1.54, 1.807) is 36.4 Å². The van der Waals surface area contributed by atoms with Gasteiger partial charge in [-0.1, -0.05) is 12.1 Å². The van der Waals surface area contributed by atoms with Crippen molar-refractivity contribution in [1.82, 2.24) is 0 Å². The zero-order chi connectivity index (χ0) is 15.7. The van der Waals surface area contributed by atoms with Crippen LogP contribution in [0.1, 0.15) is 18.1 Å². The molecular weight excluding hydrogens is 266 g/mol. The molecule has 0 aliphatic heterocycles. The SMILES string of the molecule is CC(=O)OCc1ccc(N)cc1.N#Cc1ccc(N)cc1. The Labute approximate surface area is 123 Å². The van der Waals surface area contributed by atoms with Crippen LogP contribution in [-0.4, -0.2) is 5.97 Å². The summed E-state index contributed by atoms with van der Waals surface area (Å²) in [6, 6.07) is 16.0. The lowest BCUT2D eigenvalue weighted by atomic mass is 10.2. The number of carbonyl (C=O) groups is 1. The minimum Gasteiger partial charge on any atom is -0.461 e. The molecule has 2 aromatic rings. The van der Waals surface area contributed by atoms with Crippen LogP contribution < -0.4 is 11.5 Å². The van der Waals surface area contributed by atoms with Gasteiger partial charge >= 0.3 is 5.97 Å². The van der Waals surface area contributed by atoms with Gasteiger partial charge in [0.05, 0.1) is 11.6 Å². The Hall–Kier alpha value is -3.00. The van der Waals surface area contributed by atoms with Gasteiger partial charge in [0, 0.05) is 18.3 Å². The Kier molecular flexibility index (Phi) is 6.29. The standard InChI is InChI=1S/C9H11NO2.C7H6N2/c1-7(11)12-6-8-2-4-9(10)5-3-8;8-5-6-1-3-7(9)4-2-6/h2-5H,6,10H2,1H3;1-4H,9H2. The van der Waals surface area contributed by atoms with Gasteiger partial charge in [0.2, 0.25) is 0 Å². The van der Waals surface area contributed by atoms with E-state index < -0.39 is 0 Å². The first-order chi connectivity index (χ1) is 10.0. The lowest BCUT2D eigenvalue weighted by molar-refractivity contribution is -0.142. The number of nitrogens with two attached hydrogens (primary N) is 2. The molecule has 0 aromatic heterocycles. The molecule has 0 heterocycles. The van der Waals surface area contributed by atoms with Crippen LogP contribution >= 0.6 is 0 Å². The van der Waals surface area contributed by atoms with E-state index in [0.29, 0.717) is 23.5 Å². The van der Waals surface area contributed by atoms with Crippen molar-refractivity contribution in [3.05, 3.63) is 59.7 Å². The Morgan fingerprint density at radius 2 is 1.52 bits per heavy atom. The van der Waals surface area contributed by atoms with E-state index in [2.05, 4.69) is 0 Å². The number of hydrogen-bond donors (Lipinski definition) is 2. The van der Waals surface area contributed by atoms with E-state index in [4.69, 9.17) is 21.5 Å². The van der Waals surface area contributed by atoms with Gasteiger partial charge in [-0.25, -0.2) is 0 Å². The summed E-state index contributed by atoms with van der Waals surface area (Å²) >= 11 is 0. The third kappa shape index (κ3) is 6.64. The van der Waals surface area contributed by atoms with E-state index in [9.17, 15) is 4.79 Å². The molecular formula is C16H17N3O2. The summed E-state index contributed by atoms with van der Waals surface area (Å²) in [5.74, 6) is -0.271. The van der Waals surface area contributed by atoms with Crippen molar-refractivity contribution in [2.24, 2.45) is 0 Å². The van der Waals surface area contributed by atoms with Crippen molar-refractivity contribution in [3.63, 3.8) is 0 Å². The van der Waals surface area contributed by atoms with Gasteiger partial charge in [0.1, 0.15) is 6.61 Å². The summed E-state index contributed by atoms with van der Waals surface area (Å²) in [5.41, 5.74) is 13.8. The third-order valence-corrected chi connectivity index (χ3v) is 2.46. The van der Waals surface area contributed by atoms with Crippen molar-refractivity contribution in [2.45, 2.75) is 13.5 Å². The van der Waals surface area contributed by atoms with Crippen molar-refractivity contribution in [2.75, 3.05) is 11.5 Å². The zero-order valence-corrected chi connectivity index (χ0v) is 11.7. The van der Waals surface area contributed by atoms with Crippen molar-refractivity contribution in [3.8, 4) is 6.07 Å². The van der Waals surface area contributed by atoms with Crippen LogP contribution in [0.2, 0.25) is 0 Å². The highest BCUT2D eigenvalue weighted by Gasteiger charge is 1.94. The lowest BCUT2D eigenvalue weighted by Gasteiger charge is -2.01. The van der Waals surface area contributed by atoms with E-state index >= 15 is 0 Å². The summed E-state index contributed by atoms with van der Waals surface area (Å²) in [5, 5.41) is 8.34. The first-order valence-corrected chi connectivity index (χ1v) is 6.24. The number of hydrogen-bond acceptors (Lipinski definition) is 5.